The Kier molecular flexibility index (Phi) is 4.25. The van der Waals surface area contributed by atoms with Gasteiger partial charge in [0.2, 0.25) is 11.9 Å². The molecule has 1 heterocycles. The summed E-state index contributed by atoms with van der Waals surface area (Å²) in [5, 5.41) is 0. The Labute approximate surface area is 101 Å². The Bertz CT molecular complexity index is 405. The third-order valence-corrected chi connectivity index (χ3v) is 2.47. The first kappa shape index (κ1) is 13.2. The number of carbonyl (C=O) groups excluding carboxylic acids is 1. The predicted molar refractivity (Wildman–Crippen MR) is 67.8 cm³/mol. The Balaban J connectivity index is 2.93. The summed E-state index contributed by atoms with van der Waals surface area (Å²) in [7, 11) is 3.47. The van der Waals surface area contributed by atoms with Gasteiger partial charge in [-0.05, 0) is 13.8 Å². The van der Waals surface area contributed by atoms with E-state index in [2.05, 4.69) is 9.97 Å². The van der Waals surface area contributed by atoms with Crippen molar-refractivity contribution in [3.63, 3.8) is 0 Å². The molecule has 0 fully saturated rings. The van der Waals surface area contributed by atoms with Crippen LogP contribution in [0, 0.1) is 6.92 Å². The molecular formula is C11H19N5O. The number of likely N-dealkylation sites (N-methyl/N-ethyl adjacent to an activating group) is 2. The minimum Gasteiger partial charge on any atom is -0.368 e. The van der Waals surface area contributed by atoms with Gasteiger partial charge in [-0.2, -0.15) is 4.98 Å². The summed E-state index contributed by atoms with van der Waals surface area (Å²) >= 11 is 0. The normalized spacial score (nSPS) is 10.1. The van der Waals surface area contributed by atoms with E-state index in [1.165, 1.54) is 0 Å². The molecule has 1 amide bonds. The maximum absolute atomic E-state index is 11.7. The number of amides is 1. The highest BCUT2D eigenvalue weighted by Gasteiger charge is 2.15. The second-order valence-electron chi connectivity index (χ2n) is 4.04. The molecule has 0 aromatic carbocycles. The van der Waals surface area contributed by atoms with Crippen LogP contribution >= 0.6 is 0 Å². The number of hydrogen-bond donors (Lipinski definition) is 1. The van der Waals surface area contributed by atoms with Gasteiger partial charge in [0, 0.05) is 32.4 Å². The fourth-order valence-corrected chi connectivity index (χ4v) is 1.41. The number of nitrogens with zero attached hydrogens (tertiary/aromatic N) is 4. The van der Waals surface area contributed by atoms with Gasteiger partial charge >= 0.3 is 0 Å². The van der Waals surface area contributed by atoms with Crippen molar-refractivity contribution in [2.75, 3.05) is 37.8 Å². The number of rotatable bonds is 4. The summed E-state index contributed by atoms with van der Waals surface area (Å²) in [6, 6.07) is 0. The summed E-state index contributed by atoms with van der Waals surface area (Å²) < 4.78 is 0. The predicted octanol–water partition coefficient (Wildman–Crippen LogP) is 0.282. The lowest BCUT2D eigenvalue weighted by Crippen LogP contribution is -2.37. The fourth-order valence-electron chi connectivity index (χ4n) is 1.41. The molecule has 0 bridgehead atoms. The lowest BCUT2D eigenvalue weighted by molar-refractivity contribution is -0.127. The molecule has 0 aliphatic heterocycles. The molecule has 0 radical (unpaired) electrons. The fraction of sp³-hybridized carbons (Fsp3) is 0.545. The van der Waals surface area contributed by atoms with E-state index in [-0.39, 0.29) is 11.9 Å². The van der Waals surface area contributed by atoms with E-state index in [1.54, 1.807) is 25.2 Å². The molecule has 94 valence electrons. The highest BCUT2D eigenvalue weighted by Crippen LogP contribution is 2.16. The summed E-state index contributed by atoms with van der Waals surface area (Å²) in [6.07, 6.45) is 1.67. The van der Waals surface area contributed by atoms with Gasteiger partial charge in [-0.25, -0.2) is 4.98 Å². The monoisotopic (exact) mass is 237 g/mol. The zero-order chi connectivity index (χ0) is 13.0. The molecule has 6 heteroatoms. The van der Waals surface area contributed by atoms with E-state index >= 15 is 0 Å². The Hall–Kier alpha value is -1.85. The maximum atomic E-state index is 11.7. The van der Waals surface area contributed by atoms with E-state index in [1.807, 2.05) is 18.7 Å². The summed E-state index contributed by atoms with van der Waals surface area (Å²) in [4.78, 5) is 23.2. The maximum Gasteiger partial charge on any atom is 0.241 e. The SMILES string of the molecule is CCN(CC(=O)N(C)C)c1nc(N)ncc1C. The summed E-state index contributed by atoms with van der Waals surface area (Å²) in [6.45, 7) is 4.86. The summed E-state index contributed by atoms with van der Waals surface area (Å²) in [5.74, 6) is 0.972. The van der Waals surface area contributed by atoms with Crippen LogP contribution < -0.4 is 10.6 Å². The molecule has 0 spiro atoms. The topological polar surface area (TPSA) is 75.4 Å². The average molecular weight is 237 g/mol. The molecular weight excluding hydrogens is 218 g/mol. The zero-order valence-corrected chi connectivity index (χ0v) is 10.8. The second-order valence-corrected chi connectivity index (χ2v) is 4.04. The molecule has 0 unspecified atom stereocenters. The molecule has 0 saturated heterocycles. The van der Waals surface area contributed by atoms with E-state index < -0.39 is 0 Å². The Morgan fingerprint density at radius 3 is 2.65 bits per heavy atom. The van der Waals surface area contributed by atoms with E-state index in [0.29, 0.717) is 13.1 Å². The molecule has 2 N–H and O–H groups in total. The lowest BCUT2D eigenvalue weighted by atomic mass is 10.3. The van der Waals surface area contributed by atoms with Crippen molar-refractivity contribution in [1.29, 1.82) is 0 Å². The van der Waals surface area contributed by atoms with Crippen LogP contribution in [0.5, 0.6) is 0 Å². The Morgan fingerprint density at radius 1 is 1.47 bits per heavy atom. The molecule has 1 aromatic heterocycles. The lowest BCUT2D eigenvalue weighted by Gasteiger charge is -2.24. The van der Waals surface area contributed by atoms with Gasteiger partial charge in [-0.1, -0.05) is 0 Å². The van der Waals surface area contributed by atoms with Crippen molar-refractivity contribution in [2.24, 2.45) is 0 Å². The highest BCUT2D eigenvalue weighted by molar-refractivity contribution is 5.80. The van der Waals surface area contributed by atoms with Crippen molar-refractivity contribution in [2.45, 2.75) is 13.8 Å². The van der Waals surface area contributed by atoms with Crippen LogP contribution in [0.15, 0.2) is 6.20 Å². The van der Waals surface area contributed by atoms with Crippen LogP contribution in [0.25, 0.3) is 0 Å². The molecule has 17 heavy (non-hydrogen) atoms. The molecule has 0 aliphatic rings. The van der Waals surface area contributed by atoms with E-state index in [4.69, 9.17) is 5.73 Å². The molecule has 0 aliphatic carbocycles. The van der Waals surface area contributed by atoms with Crippen LogP contribution in [0.1, 0.15) is 12.5 Å². The molecule has 0 atom stereocenters. The van der Waals surface area contributed by atoms with Gasteiger partial charge in [0.05, 0.1) is 6.54 Å². The molecule has 1 rings (SSSR count). The zero-order valence-electron chi connectivity index (χ0n) is 10.8. The number of hydrogen-bond acceptors (Lipinski definition) is 5. The second kappa shape index (κ2) is 5.47. The largest absolute Gasteiger partial charge is 0.368 e. The van der Waals surface area contributed by atoms with Gasteiger partial charge in [0.15, 0.2) is 0 Å². The van der Waals surface area contributed by atoms with Crippen LogP contribution in [-0.2, 0) is 4.79 Å². The van der Waals surface area contributed by atoms with Gasteiger partial charge in [-0.15, -0.1) is 0 Å². The van der Waals surface area contributed by atoms with E-state index in [0.717, 1.165) is 11.4 Å². The van der Waals surface area contributed by atoms with Gasteiger partial charge in [0.1, 0.15) is 5.82 Å². The van der Waals surface area contributed by atoms with Gasteiger partial charge in [0.25, 0.3) is 0 Å². The Morgan fingerprint density at radius 2 is 2.12 bits per heavy atom. The third-order valence-electron chi connectivity index (χ3n) is 2.47. The summed E-state index contributed by atoms with van der Waals surface area (Å²) in [5.41, 5.74) is 6.48. The smallest absolute Gasteiger partial charge is 0.241 e. The van der Waals surface area contributed by atoms with Crippen molar-refractivity contribution in [3.8, 4) is 0 Å². The standard InChI is InChI=1S/C11H19N5O/c1-5-16(7-9(17)15(3)4)10-8(2)6-13-11(12)14-10/h6H,5,7H2,1-4H3,(H2,12,13,14). The first-order valence-electron chi connectivity index (χ1n) is 5.50. The minimum atomic E-state index is 0.0310. The minimum absolute atomic E-state index is 0.0310. The molecule has 0 saturated carbocycles. The van der Waals surface area contributed by atoms with Crippen molar-refractivity contribution >= 4 is 17.7 Å². The van der Waals surface area contributed by atoms with Crippen LogP contribution in [0.3, 0.4) is 0 Å². The number of aryl methyl sites for hydroxylation is 1. The van der Waals surface area contributed by atoms with E-state index in [9.17, 15) is 4.79 Å². The molecule has 1 aromatic rings. The highest BCUT2D eigenvalue weighted by atomic mass is 16.2. The van der Waals surface area contributed by atoms with Crippen molar-refractivity contribution in [3.05, 3.63) is 11.8 Å². The number of nitrogen functional groups attached to an aromatic ring is 1. The quantitative estimate of drug-likeness (QED) is 0.814. The van der Waals surface area contributed by atoms with Crippen LogP contribution in [0.2, 0.25) is 0 Å². The first-order valence-corrected chi connectivity index (χ1v) is 5.50. The third kappa shape index (κ3) is 3.30. The number of carbonyl (C=O) groups is 1. The number of aromatic nitrogens is 2. The van der Waals surface area contributed by atoms with Crippen molar-refractivity contribution in [1.82, 2.24) is 14.9 Å². The number of nitrogens with two attached hydrogens (primary N) is 1. The van der Waals surface area contributed by atoms with Crippen LogP contribution in [0.4, 0.5) is 11.8 Å². The first-order chi connectivity index (χ1) is 7.95. The average Bonchev–Trinajstić information content (AvgIpc) is 2.29. The van der Waals surface area contributed by atoms with Crippen molar-refractivity contribution < 1.29 is 4.79 Å². The van der Waals surface area contributed by atoms with Gasteiger partial charge in [-0.3, -0.25) is 4.79 Å². The van der Waals surface area contributed by atoms with Gasteiger partial charge < -0.3 is 15.5 Å². The van der Waals surface area contributed by atoms with Crippen LogP contribution in [-0.4, -0.2) is 48.0 Å². The number of anilines is 2. The molecule has 6 nitrogen and oxygen atoms in total.